The van der Waals surface area contributed by atoms with Crippen molar-refractivity contribution in [2.45, 2.75) is 30.0 Å². The maximum Gasteiger partial charge on any atom is 0.455 e. The number of sulfonamides is 1. The van der Waals surface area contributed by atoms with E-state index in [0.717, 1.165) is 12.1 Å². The normalized spacial score (nSPS) is 14.3. The molecule has 0 aliphatic rings. The van der Waals surface area contributed by atoms with Gasteiger partial charge in [-0.15, -0.1) is 0 Å². The molecule has 0 radical (unpaired) electrons. The Morgan fingerprint density at radius 1 is 0.885 bits per heavy atom. The quantitative estimate of drug-likeness (QED) is 0.763. The van der Waals surface area contributed by atoms with E-state index in [4.69, 9.17) is 0 Å². The maximum atomic E-state index is 13.9. The first kappa shape index (κ1) is 20.2. The Balaban J connectivity index is 2.51. The third kappa shape index (κ3) is 4.18. The van der Waals surface area contributed by atoms with Crippen LogP contribution in [0.4, 0.5) is 26.3 Å². The van der Waals surface area contributed by atoms with E-state index < -0.39 is 44.4 Å². The highest BCUT2D eigenvalue weighted by molar-refractivity contribution is 7.89. The van der Waals surface area contributed by atoms with E-state index in [1.807, 2.05) is 0 Å². The molecule has 0 aromatic heterocycles. The number of benzene rings is 2. The maximum absolute atomic E-state index is 13.9. The molecule has 10 heteroatoms. The standard InChI is InChI=1S/C16H13F6NO2S/c1-10-2-8-13(9-3-10)26(24,25)23-14(15(18,19)16(20,21)22)11-4-6-12(17)7-5-11/h2-9,14,23H,1H3. The number of hydrogen-bond acceptors (Lipinski definition) is 2. The average molecular weight is 397 g/mol. The summed E-state index contributed by atoms with van der Waals surface area (Å²) < 4.78 is 105. The van der Waals surface area contributed by atoms with Crippen molar-refractivity contribution in [2.24, 2.45) is 0 Å². The fourth-order valence-corrected chi connectivity index (χ4v) is 3.34. The lowest BCUT2D eigenvalue weighted by Gasteiger charge is -2.29. The van der Waals surface area contributed by atoms with Gasteiger partial charge in [0.25, 0.3) is 0 Å². The van der Waals surface area contributed by atoms with Gasteiger partial charge in [0.1, 0.15) is 11.9 Å². The first-order chi connectivity index (χ1) is 11.8. The molecule has 2 aromatic carbocycles. The number of halogens is 6. The predicted octanol–water partition coefficient (Wildman–Crippen LogP) is 4.35. The lowest BCUT2D eigenvalue weighted by Crippen LogP contribution is -2.49. The number of hydrogen-bond donors (Lipinski definition) is 1. The second-order valence-electron chi connectivity index (χ2n) is 5.54. The van der Waals surface area contributed by atoms with Crippen LogP contribution in [0, 0.1) is 12.7 Å². The summed E-state index contributed by atoms with van der Waals surface area (Å²) in [6.45, 7) is 1.64. The van der Waals surface area contributed by atoms with Gasteiger partial charge in [0.05, 0.1) is 4.90 Å². The van der Waals surface area contributed by atoms with Crippen molar-refractivity contribution < 1.29 is 34.8 Å². The van der Waals surface area contributed by atoms with E-state index in [-0.39, 0.29) is 0 Å². The molecule has 0 aliphatic heterocycles. The van der Waals surface area contributed by atoms with E-state index >= 15 is 0 Å². The van der Waals surface area contributed by atoms with Gasteiger partial charge in [0.2, 0.25) is 10.0 Å². The molecule has 26 heavy (non-hydrogen) atoms. The van der Waals surface area contributed by atoms with Gasteiger partial charge < -0.3 is 0 Å². The number of alkyl halides is 5. The molecule has 2 aromatic rings. The highest BCUT2D eigenvalue weighted by Crippen LogP contribution is 2.45. The zero-order valence-corrected chi connectivity index (χ0v) is 14.0. The van der Waals surface area contributed by atoms with Gasteiger partial charge in [-0.3, -0.25) is 0 Å². The topological polar surface area (TPSA) is 46.2 Å². The fourth-order valence-electron chi connectivity index (χ4n) is 2.11. The van der Waals surface area contributed by atoms with Crippen LogP contribution in [0.1, 0.15) is 17.2 Å². The summed E-state index contributed by atoms with van der Waals surface area (Å²) >= 11 is 0. The smallest absolute Gasteiger partial charge is 0.207 e. The Hall–Kier alpha value is -2.07. The lowest BCUT2D eigenvalue weighted by molar-refractivity contribution is -0.292. The van der Waals surface area contributed by atoms with Gasteiger partial charge >= 0.3 is 12.1 Å². The van der Waals surface area contributed by atoms with Gasteiger partial charge in [-0.2, -0.15) is 26.7 Å². The van der Waals surface area contributed by atoms with Gasteiger partial charge in [-0.25, -0.2) is 12.8 Å². The molecule has 1 atom stereocenters. The molecule has 0 aliphatic carbocycles. The fraction of sp³-hybridized carbons (Fsp3) is 0.250. The number of nitrogens with one attached hydrogen (secondary N) is 1. The molecule has 2 rings (SSSR count). The minimum atomic E-state index is -6.03. The number of aryl methyl sites for hydroxylation is 1. The van der Waals surface area contributed by atoms with Crippen LogP contribution < -0.4 is 4.72 Å². The zero-order chi connectivity index (χ0) is 19.8. The summed E-state index contributed by atoms with van der Waals surface area (Å²) in [5, 5.41) is 0. The monoisotopic (exact) mass is 397 g/mol. The Morgan fingerprint density at radius 2 is 1.38 bits per heavy atom. The van der Waals surface area contributed by atoms with E-state index in [9.17, 15) is 34.8 Å². The highest BCUT2D eigenvalue weighted by Gasteiger charge is 2.63. The summed E-state index contributed by atoms with van der Waals surface area (Å²) in [6, 6.07) is 4.57. The first-order valence-corrected chi connectivity index (χ1v) is 8.62. The molecule has 142 valence electrons. The second-order valence-corrected chi connectivity index (χ2v) is 7.25. The average Bonchev–Trinajstić information content (AvgIpc) is 2.53. The zero-order valence-electron chi connectivity index (χ0n) is 13.2. The minimum absolute atomic E-state index is 0.479. The van der Waals surface area contributed by atoms with Crippen molar-refractivity contribution in [3.63, 3.8) is 0 Å². The van der Waals surface area contributed by atoms with Crippen molar-refractivity contribution in [3.8, 4) is 0 Å². The molecule has 0 spiro atoms. The van der Waals surface area contributed by atoms with Crippen molar-refractivity contribution >= 4 is 10.0 Å². The van der Waals surface area contributed by atoms with Crippen LogP contribution in [-0.4, -0.2) is 20.5 Å². The molecular weight excluding hydrogens is 384 g/mol. The van der Waals surface area contributed by atoms with E-state index in [0.29, 0.717) is 29.8 Å². The van der Waals surface area contributed by atoms with Gasteiger partial charge in [0, 0.05) is 0 Å². The molecule has 0 fully saturated rings. The lowest BCUT2D eigenvalue weighted by atomic mass is 10.0. The van der Waals surface area contributed by atoms with Crippen molar-refractivity contribution in [3.05, 3.63) is 65.5 Å². The largest absolute Gasteiger partial charge is 0.455 e. The molecule has 0 saturated carbocycles. The molecular formula is C16H13F6NO2S. The summed E-state index contributed by atoms with van der Waals surface area (Å²) in [6.07, 6.45) is -6.03. The van der Waals surface area contributed by atoms with Crippen LogP contribution in [0.2, 0.25) is 0 Å². The summed E-state index contributed by atoms with van der Waals surface area (Å²) in [7, 11) is -4.70. The predicted molar refractivity (Wildman–Crippen MR) is 81.6 cm³/mol. The summed E-state index contributed by atoms with van der Waals surface area (Å²) in [5.41, 5.74) is -0.0657. The van der Waals surface area contributed by atoms with Crippen LogP contribution in [0.15, 0.2) is 53.4 Å². The Bertz CT molecular complexity index is 861. The third-order valence-electron chi connectivity index (χ3n) is 3.55. The van der Waals surface area contributed by atoms with Crippen molar-refractivity contribution in [2.75, 3.05) is 0 Å². The minimum Gasteiger partial charge on any atom is -0.207 e. The number of rotatable bonds is 5. The van der Waals surface area contributed by atoms with Gasteiger partial charge in [-0.05, 0) is 36.8 Å². The van der Waals surface area contributed by atoms with Crippen LogP contribution in [-0.2, 0) is 10.0 Å². The van der Waals surface area contributed by atoms with Crippen molar-refractivity contribution in [1.29, 1.82) is 0 Å². The first-order valence-electron chi connectivity index (χ1n) is 7.13. The summed E-state index contributed by atoms with van der Waals surface area (Å²) in [5.74, 6) is -6.30. The molecule has 0 bridgehead atoms. The van der Waals surface area contributed by atoms with Gasteiger partial charge in [0.15, 0.2) is 0 Å². The van der Waals surface area contributed by atoms with Gasteiger partial charge in [-0.1, -0.05) is 29.8 Å². The Kier molecular flexibility index (Phi) is 5.39. The third-order valence-corrected chi connectivity index (χ3v) is 4.99. The van der Waals surface area contributed by atoms with Crippen LogP contribution in [0.5, 0.6) is 0 Å². The second kappa shape index (κ2) is 6.92. The molecule has 3 nitrogen and oxygen atoms in total. The SMILES string of the molecule is Cc1ccc(S(=O)(=O)NC(c2ccc(F)cc2)C(F)(F)C(F)(F)F)cc1. The molecule has 0 saturated heterocycles. The van der Waals surface area contributed by atoms with E-state index in [2.05, 4.69) is 0 Å². The van der Waals surface area contributed by atoms with Crippen LogP contribution >= 0.6 is 0 Å². The van der Waals surface area contributed by atoms with Crippen LogP contribution in [0.3, 0.4) is 0 Å². The summed E-state index contributed by atoms with van der Waals surface area (Å²) in [4.78, 5) is -0.479. The van der Waals surface area contributed by atoms with E-state index in [1.54, 1.807) is 6.92 Å². The molecule has 1 N–H and O–H groups in total. The molecule has 0 amide bonds. The molecule has 0 heterocycles. The van der Waals surface area contributed by atoms with E-state index in [1.165, 1.54) is 16.9 Å². The van der Waals surface area contributed by atoms with Crippen LogP contribution in [0.25, 0.3) is 0 Å². The molecule has 1 unspecified atom stereocenters. The highest BCUT2D eigenvalue weighted by atomic mass is 32.2. The Morgan fingerprint density at radius 3 is 1.85 bits per heavy atom. The Labute approximate surface area is 145 Å². The van der Waals surface area contributed by atoms with Crippen molar-refractivity contribution in [1.82, 2.24) is 4.72 Å².